The molecule has 0 fully saturated rings. The number of nitrogens with zero attached hydrogens (tertiary/aromatic N) is 2. The van der Waals surface area contributed by atoms with Crippen molar-refractivity contribution in [3.63, 3.8) is 0 Å². The maximum Gasteiger partial charge on any atom is 0.242 e. The number of benzene rings is 2. The van der Waals surface area contributed by atoms with E-state index in [2.05, 4.69) is 5.32 Å². The minimum absolute atomic E-state index is 0.0787. The maximum absolute atomic E-state index is 13.3. The van der Waals surface area contributed by atoms with Crippen molar-refractivity contribution >= 4 is 39.1 Å². The van der Waals surface area contributed by atoms with Gasteiger partial charge in [0.15, 0.2) is 0 Å². The molecule has 8 nitrogen and oxygen atoms in total. The van der Waals surface area contributed by atoms with E-state index < -0.39 is 16.1 Å². The van der Waals surface area contributed by atoms with E-state index in [-0.39, 0.29) is 36.2 Å². The Bertz CT molecular complexity index is 1140. The van der Waals surface area contributed by atoms with Gasteiger partial charge < -0.3 is 15.0 Å². The summed E-state index contributed by atoms with van der Waals surface area (Å²) in [6.07, 6.45) is 1.91. The summed E-state index contributed by atoms with van der Waals surface area (Å²) in [5.74, 6) is -0.0179. The van der Waals surface area contributed by atoms with E-state index in [0.717, 1.165) is 17.4 Å². The van der Waals surface area contributed by atoms with Crippen LogP contribution in [0.3, 0.4) is 0 Å². The highest BCUT2D eigenvalue weighted by molar-refractivity contribution is 7.92. The SMILES string of the molecule is CC[C@H](C(=O)NC)N(Cc1ccccc1C)C(=O)CCCN(c1ccc(OC)c(Cl)c1)S(C)(=O)=O. The van der Waals surface area contributed by atoms with Crippen LogP contribution in [0.2, 0.25) is 5.02 Å². The summed E-state index contributed by atoms with van der Waals surface area (Å²) < 4.78 is 31.3. The molecule has 0 spiro atoms. The summed E-state index contributed by atoms with van der Waals surface area (Å²) in [6, 6.07) is 11.8. The molecule has 0 saturated carbocycles. The second kappa shape index (κ2) is 12.8. The van der Waals surface area contributed by atoms with Crippen LogP contribution in [0.1, 0.15) is 37.3 Å². The number of aryl methyl sites for hydroxylation is 1. The number of likely N-dealkylation sites (N-methyl/N-ethyl adjacent to an activating group) is 1. The highest BCUT2D eigenvalue weighted by Gasteiger charge is 2.28. The molecule has 35 heavy (non-hydrogen) atoms. The van der Waals surface area contributed by atoms with Crippen LogP contribution in [0.25, 0.3) is 0 Å². The number of carbonyl (C=O) groups is 2. The first-order valence-electron chi connectivity index (χ1n) is 11.4. The van der Waals surface area contributed by atoms with E-state index in [1.54, 1.807) is 24.1 Å². The van der Waals surface area contributed by atoms with Gasteiger partial charge in [-0.2, -0.15) is 0 Å². The minimum atomic E-state index is -3.62. The maximum atomic E-state index is 13.3. The van der Waals surface area contributed by atoms with Crippen molar-refractivity contribution in [1.82, 2.24) is 10.2 Å². The van der Waals surface area contributed by atoms with Gasteiger partial charge in [0, 0.05) is 26.6 Å². The van der Waals surface area contributed by atoms with Crippen molar-refractivity contribution in [2.24, 2.45) is 0 Å². The number of hydrogen-bond donors (Lipinski definition) is 1. The van der Waals surface area contributed by atoms with E-state index in [4.69, 9.17) is 16.3 Å². The van der Waals surface area contributed by atoms with Crippen LogP contribution in [-0.4, -0.2) is 58.1 Å². The summed E-state index contributed by atoms with van der Waals surface area (Å²) >= 11 is 6.19. The number of methoxy groups -OCH3 is 1. The van der Waals surface area contributed by atoms with Gasteiger partial charge in [-0.25, -0.2) is 8.42 Å². The molecule has 2 aromatic rings. The van der Waals surface area contributed by atoms with Crippen molar-refractivity contribution in [1.29, 1.82) is 0 Å². The van der Waals surface area contributed by atoms with Gasteiger partial charge in [0.1, 0.15) is 11.8 Å². The first kappa shape index (κ1) is 28.5. The summed E-state index contributed by atoms with van der Waals surface area (Å²) in [6.45, 7) is 4.20. The number of amides is 2. The molecule has 0 aromatic heterocycles. The van der Waals surface area contributed by atoms with Crippen LogP contribution >= 0.6 is 11.6 Å². The fraction of sp³-hybridized carbons (Fsp3) is 0.440. The van der Waals surface area contributed by atoms with Gasteiger partial charge in [0.25, 0.3) is 0 Å². The zero-order valence-electron chi connectivity index (χ0n) is 20.9. The van der Waals surface area contributed by atoms with Crippen molar-refractivity contribution in [3.05, 3.63) is 58.6 Å². The Balaban J connectivity index is 2.22. The zero-order valence-corrected chi connectivity index (χ0v) is 22.4. The van der Waals surface area contributed by atoms with Crippen molar-refractivity contribution in [2.45, 2.75) is 45.7 Å². The number of nitrogens with one attached hydrogen (secondary N) is 1. The molecule has 0 unspecified atom stereocenters. The molecule has 0 radical (unpaired) electrons. The average molecular weight is 524 g/mol. The largest absolute Gasteiger partial charge is 0.495 e. The zero-order chi connectivity index (χ0) is 26.2. The fourth-order valence-corrected chi connectivity index (χ4v) is 5.08. The lowest BCUT2D eigenvalue weighted by molar-refractivity contribution is -0.141. The van der Waals surface area contributed by atoms with Crippen molar-refractivity contribution < 1.29 is 22.7 Å². The Morgan fingerprint density at radius 2 is 1.86 bits per heavy atom. The summed E-state index contributed by atoms with van der Waals surface area (Å²) in [5.41, 5.74) is 2.37. The predicted octanol–water partition coefficient (Wildman–Crippen LogP) is 3.76. The highest BCUT2D eigenvalue weighted by Crippen LogP contribution is 2.30. The van der Waals surface area contributed by atoms with Crippen molar-refractivity contribution in [2.75, 3.05) is 31.3 Å². The van der Waals surface area contributed by atoms with Gasteiger partial charge in [0.2, 0.25) is 21.8 Å². The van der Waals surface area contributed by atoms with Gasteiger partial charge in [-0.1, -0.05) is 42.8 Å². The molecular weight excluding hydrogens is 490 g/mol. The molecule has 0 saturated heterocycles. The molecule has 0 aliphatic rings. The van der Waals surface area contributed by atoms with Crippen molar-refractivity contribution in [3.8, 4) is 5.75 Å². The third-order valence-corrected chi connectivity index (χ3v) is 7.30. The number of hydrogen-bond acceptors (Lipinski definition) is 5. The smallest absolute Gasteiger partial charge is 0.242 e. The highest BCUT2D eigenvalue weighted by atomic mass is 35.5. The number of carbonyl (C=O) groups excluding carboxylic acids is 2. The van der Waals surface area contributed by atoms with Gasteiger partial charge in [-0.3, -0.25) is 13.9 Å². The lowest BCUT2D eigenvalue weighted by Gasteiger charge is -2.31. The van der Waals surface area contributed by atoms with Gasteiger partial charge in [-0.15, -0.1) is 0 Å². The molecule has 1 atom stereocenters. The van der Waals surface area contributed by atoms with Crippen LogP contribution in [-0.2, 0) is 26.2 Å². The van der Waals surface area contributed by atoms with Crippen LogP contribution in [0.4, 0.5) is 5.69 Å². The Hall–Kier alpha value is -2.78. The summed E-state index contributed by atoms with van der Waals surface area (Å²) in [5, 5.41) is 2.93. The normalized spacial score (nSPS) is 12.1. The van der Waals surface area contributed by atoms with Gasteiger partial charge in [0.05, 0.1) is 24.1 Å². The van der Waals surface area contributed by atoms with E-state index in [0.29, 0.717) is 24.4 Å². The molecule has 2 amide bonds. The predicted molar refractivity (Wildman–Crippen MR) is 139 cm³/mol. The lowest BCUT2D eigenvalue weighted by atomic mass is 10.1. The van der Waals surface area contributed by atoms with E-state index in [1.165, 1.54) is 17.5 Å². The van der Waals surface area contributed by atoms with Gasteiger partial charge >= 0.3 is 0 Å². The molecule has 0 bridgehead atoms. The molecule has 0 aliphatic heterocycles. The molecule has 10 heteroatoms. The molecule has 2 aromatic carbocycles. The van der Waals surface area contributed by atoms with E-state index in [1.807, 2.05) is 38.1 Å². The first-order valence-corrected chi connectivity index (χ1v) is 13.6. The topological polar surface area (TPSA) is 96.0 Å². The second-order valence-corrected chi connectivity index (χ2v) is 10.6. The number of sulfonamides is 1. The number of anilines is 1. The Morgan fingerprint density at radius 1 is 1.17 bits per heavy atom. The van der Waals surface area contributed by atoms with E-state index in [9.17, 15) is 18.0 Å². The third kappa shape index (κ3) is 7.60. The Labute approximate surface area is 213 Å². The minimum Gasteiger partial charge on any atom is -0.495 e. The Kier molecular flexibility index (Phi) is 10.4. The first-order chi connectivity index (χ1) is 16.5. The third-order valence-electron chi connectivity index (χ3n) is 5.81. The molecule has 192 valence electrons. The lowest BCUT2D eigenvalue weighted by Crippen LogP contribution is -2.48. The van der Waals surface area contributed by atoms with Crippen LogP contribution in [0, 0.1) is 6.92 Å². The molecule has 2 rings (SSSR count). The summed E-state index contributed by atoms with van der Waals surface area (Å²) in [4.78, 5) is 27.4. The molecule has 0 aliphatic carbocycles. The number of ether oxygens (including phenoxy) is 1. The standard InChI is InChI=1S/C25H34ClN3O5S/c1-6-22(25(31)27-3)28(17-19-11-8-7-10-18(19)2)24(30)12-9-15-29(35(5,32)33)20-13-14-23(34-4)21(26)16-20/h7-8,10-11,13-14,16,22H,6,9,12,15,17H2,1-5H3,(H,27,31)/t22-/m1/s1. The average Bonchev–Trinajstić information content (AvgIpc) is 2.81. The van der Waals surface area contributed by atoms with Crippen LogP contribution in [0.5, 0.6) is 5.75 Å². The molecule has 0 heterocycles. The quantitative estimate of drug-likeness (QED) is 0.457. The summed E-state index contributed by atoms with van der Waals surface area (Å²) in [7, 11) is -0.595. The molecule has 1 N–H and O–H groups in total. The van der Waals surface area contributed by atoms with Gasteiger partial charge in [-0.05, 0) is 49.1 Å². The second-order valence-electron chi connectivity index (χ2n) is 8.24. The number of rotatable bonds is 12. The monoisotopic (exact) mass is 523 g/mol. The fourth-order valence-electron chi connectivity index (χ4n) is 3.87. The van der Waals surface area contributed by atoms with E-state index >= 15 is 0 Å². The molecular formula is C25H34ClN3O5S. The Morgan fingerprint density at radius 3 is 2.40 bits per heavy atom. The number of halogens is 1. The van der Waals surface area contributed by atoms with Crippen LogP contribution < -0.4 is 14.4 Å². The van der Waals surface area contributed by atoms with Crippen LogP contribution in [0.15, 0.2) is 42.5 Å².